The molecule has 1 heterocycles. The van der Waals surface area contributed by atoms with Crippen molar-refractivity contribution in [3.8, 4) is 11.5 Å². The van der Waals surface area contributed by atoms with Crippen molar-refractivity contribution in [3.05, 3.63) is 53.6 Å². The van der Waals surface area contributed by atoms with Crippen LogP contribution in [0.4, 0.5) is 5.69 Å². The van der Waals surface area contributed by atoms with E-state index in [2.05, 4.69) is 22.3 Å². The normalized spacial score (nSPS) is 14.0. The van der Waals surface area contributed by atoms with E-state index in [9.17, 15) is 4.79 Å². The van der Waals surface area contributed by atoms with Crippen LogP contribution >= 0.6 is 0 Å². The number of methoxy groups -OCH3 is 2. The Hall–Kier alpha value is -2.69. The lowest BCUT2D eigenvalue weighted by Gasteiger charge is -2.26. The molecule has 0 saturated carbocycles. The molecule has 1 aliphatic rings. The molecule has 5 heteroatoms. The van der Waals surface area contributed by atoms with Gasteiger partial charge in [0.1, 0.15) is 6.04 Å². The maximum absolute atomic E-state index is 12.6. The summed E-state index contributed by atoms with van der Waals surface area (Å²) in [7, 11) is 3.21. The molecule has 25 heavy (non-hydrogen) atoms. The molecule has 1 amide bonds. The maximum atomic E-state index is 12.6. The number of hydrogen-bond acceptors (Lipinski definition) is 4. The number of nitrogens with one attached hydrogen (secondary N) is 1. The number of amides is 1. The number of ether oxygens (including phenoxy) is 2. The van der Waals surface area contributed by atoms with Gasteiger partial charge in [-0.3, -0.25) is 4.79 Å². The van der Waals surface area contributed by atoms with E-state index in [1.54, 1.807) is 14.2 Å². The number of fused-ring (bicyclic) bond motifs is 1. The molecule has 0 saturated heterocycles. The van der Waals surface area contributed by atoms with Gasteiger partial charge in [-0.15, -0.1) is 0 Å². The van der Waals surface area contributed by atoms with Gasteiger partial charge in [-0.2, -0.15) is 0 Å². The minimum Gasteiger partial charge on any atom is -0.493 e. The van der Waals surface area contributed by atoms with E-state index in [1.165, 1.54) is 5.56 Å². The minimum atomic E-state index is -0.205. The smallest absolute Gasteiger partial charge is 0.242 e. The maximum Gasteiger partial charge on any atom is 0.242 e. The number of nitrogens with zero attached hydrogens (tertiary/aromatic N) is 1. The standard InChI is InChI=1S/C20H24N2O3/c1-14(22-11-10-16-6-4-5-7-17(16)22)20(23)21-13-15-8-9-18(24-2)19(12-15)25-3/h4-9,12,14H,10-11,13H2,1-3H3,(H,21,23)/t14-/m0/s1. The number of carbonyl (C=O) groups excluding carboxylic acids is 1. The lowest BCUT2D eigenvalue weighted by molar-refractivity contribution is -0.122. The first-order valence-corrected chi connectivity index (χ1v) is 8.47. The van der Waals surface area contributed by atoms with E-state index < -0.39 is 0 Å². The Morgan fingerprint density at radius 1 is 1.16 bits per heavy atom. The summed E-state index contributed by atoms with van der Waals surface area (Å²) < 4.78 is 10.5. The van der Waals surface area contributed by atoms with Crippen molar-refractivity contribution >= 4 is 11.6 Å². The molecular formula is C20H24N2O3. The summed E-state index contributed by atoms with van der Waals surface area (Å²) in [4.78, 5) is 14.7. The molecule has 1 N–H and O–H groups in total. The van der Waals surface area contributed by atoms with Crippen LogP contribution in [0.3, 0.4) is 0 Å². The number of anilines is 1. The van der Waals surface area contributed by atoms with Gasteiger partial charge in [0.15, 0.2) is 11.5 Å². The van der Waals surface area contributed by atoms with Gasteiger partial charge >= 0.3 is 0 Å². The van der Waals surface area contributed by atoms with Crippen LogP contribution in [-0.2, 0) is 17.8 Å². The summed E-state index contributed by atoms with van der Waals surface area (Å²) in [6, 6.07) is 13.7. The molecule has 0 spiro atoms. The Balaban J connectivity index is 1.63. The zero-order valence-corrected chi connectivity index (χ0v) is 14.9. The van der Waals surface area contributed by atoms with Gasteiger partial charge in [-0.1, -0.05) is 24.3 Å². The Bertz CT molecular complexity index is 760. The fourth-order valence-electron chi connectivity index (χ4n) is 3.24. The second-order valence-corrected chi connectivity index (χ2v) is 6.16. The van der Waals surface area contributed by atoms with Crippen molar-refractivity contribution in [2.24, 2.45) is 0 Å². The summed E-state index contributed by atoms with van der Waals surface area (Å²) >= 11 is 0. The molecule has 0 bridgehead atoms. The molecule has 132 valence electrons. The van der Waals surface area contributed by atoms with Crippen LogP contribution in [0.5, 0.6) is 11.5 Å². The van der Waals surface area contributed by atoms with E-state index in [1.807, 2.05) is 37.3 Å². The number of carbonyl (C=O) groups is 1. The largest absolute Gasteiger partial charge is 0.493 e. The molecule has 0 unspecified atom stereocenters. The van der Waals surface area contributed by atoms with Gasteiger partial charge in [-0.05, 0) is 42.7 Å². The Morgan fingerprint density at radius 2 is 1.92 bits per heavy atom. The van der Waals surface area contributed by atoms with Crippen LogP contribution in [0.25, 0.3) is 0 Å². The second-order valence-electron chi connectivity index (χ2n) is 6.16. The molecular weight excluding hydrogens is 316 g/mol. The zero-order chi connectivity index (χ0) is 17.8. The van der Waals surface area contributed by atoms with Crippen LogP contribution in [0, 0.1) is 0 Å². The van der Waals surface area contributed by atoms with Crippen LogP contribution < -0.4 is 19.7 Å². The minimum absolute atomic E-state index is 0.0199. The van der Waals surface area contributed by atoms with E-state index >= 15 is 0 Å². The molecule has 0 radical (unpaired) electrons. The van der Waals surface area contributed by atoms with Crippen molar-refractivity contribution in [1.82, 2.24) is 5.32 Å². The Labute approximate surface area is 148 Å². The monoisotopic (exact) mass is 340 g/mol. The van der Waals surface area contributed by atoms with Crippen LogP contribution in [-0.4, -0.2) is 32.7 Å². The van der Waals surface area contributed by atoms with Crippen LogP contribution in [0.2, 0.25) is 0 Å². The first-order valence-electron chi connectivity index (χ1n) is 8.47. The fourth-order valence-corrected chi connectivity index (χ4v) is 3.24. The number of para-hydroxylation sites is 1. The quantitative estimate of drug-likeness (QED) is 0.878. The van der Waals surface area contributed by atoms with Crippen LogP contribution in [0.1, 0.15) is 18.1 Å². The first kappa shape index (κ1) is 17.1. The molecule has 0 aliphatic carbocycles. The number of benzene rings is 2. The van der Waals surface area contributed by atoms with Crippen LogP contribution in [0.15, 0.2) is 42.5 Å². The van der Waals surface area contributed by atoms with E-state index in [0.29, 0.717) is 18.0 Å². The highest BCUT2D eigenvalue weighted by Crippen LogP contribution is 2.29. The molecule has 5 nitrogen and oxygen atoms in total. The van der Waals surface area contributed by atoms with Crippen molar-refractivity contribution in [3.63, 3.8) is 0 Å². The highest BCUT2D eigenvalue weighted by molar-refractivity contribution is 5.85. The van der Waals surface area contributed by atoms with Crippen molar-refractivity contribution in [2.75, 3.05) is 25.7 Å². The lowest BCUT2D eigenvalue weighted by atomic mass is 10.1. The van der Waals surface area contributed by atoms with E-state index in [4.69, 9.17) is 9.47 Å². The number of rotatable bonds is 6. The topological polar surface area (TPSA) is 50.8 Å². The summed E-state index contributed by atoms with van der Waals surface area (Å²) in [5.74, 6) is 1.36. The predicted octanol–water partition coefficient (Wildman–Crippen LogP) is 2.77. The Morgan fingerprint density at radius 3 is 2.68 bits per heavy atom. The Kier molecular flexibility index (Phi) is 5.12. The van der Waals surface area contributed by atoms with Crippen molar-refractivity contribution in [1.29, 1.82) is 0 Å². The third kappa shape index (κ3) is 3.55. The summed E-state index contributed by atoms with van der Waals surface area (Å²) in [6.07, 6.45) is 0.990. The number of hydrogen-bond donors (Lipinski definition) is 1. The highest BCUT2D eigenvalue weighted by atomic mass is 16.5. The summed E-state index contributed by atoms with van der Waals surface area (Å²) in [6.45, 7) is 3.29. The van der Waals surface area contributed by atoms with Gasteiger partial charge < -0.3 is 19.7 Å². The highest BCUT2D eigenvalue weighted by Gasteiger charge is 2.27. The van der Waals surface area contributed by atoms with E-state index in [-0.39, 0.29) is 11.9 Å². The lowest BCUT2D eigenvalue weighted by Crippen LogP contribution is -2.44. The molecule has 0 aromatic heterocycles. The molecule has 2 aromatic carbocycles. The molecule has 0 fully saturated rings. The second kappa shape index (κ2) is 7.47. The van der Waals surface area contributed by atoms with Gasteiger partial charge in [0.25, 0.3) is 0 Å². The third-order valence-electron chi connectivity index (χ3n) is 4.68. The first-order chi connectivity index (χ1) is 12.1. The fraction of sp³-hybridized carbons (Fsp3) is 0.350. The van der Waals surface area contributed by atoms with Crippen molar-refractivity contribution in [2.45, 2.75) is 25.9 Å². The zero-order valence-electron chi connectivity index (χ0n) is 14.9. The van der Waals surface area contributed by atoms with Gasteiger partial charge in [0, 0.05) is 18.8 Å². The summed E-state index contributed by atoms with van der Waals surface area (Å²) in [5.41, 5.74) is 3.44. The summed E-state index contributed by atoms with van der Waals surface area (Å²) in [5, 5.41) is 3.02. The SMILES string of the molecule is COc1ccc(CNC(=O)[C@H](C)N2CCc3ccccc32)cc1OC. The molecule has 1 atom stereocenters. The van der Waals surface area contributed by atoms with Gasteiger partial charge in [-0.25, -0.2) is 0 Å². The van der Waals surface area contributed by atoms with Crippen molar-refractivity contribution < 1.29 is 14.3 Å². The molecule has 2 aromatic rings. The third-order valence-corrected chi connectivity index (χ3v) is 4.68. The average Bonchev–Trinajstić information content (AvgIpc) is 3.09. The average molecular weight is 340 g/mol. The molecule has 1 aliphatic heterocycles. The van der Waals surface area contributed by atoms with Gasteiger partial charge in [0.2, 0.25) is 5.91 Å². The molecule has 3 rings (SSSR count). The van der Waals surface area contributed by atoms with Gasteiger partial charge in [0.05, 0.1) is 14.2 Å². The predicted molar refractivity (Wildman–Crippen MR) is 98.3 cm³/mol. The van der Waals surface area contributed by atoms with E-state index in [0.717, 1.165) is 24.2 Å².